The molecule has 0 bridgehead atoms. The van der Waals surface area contributed by atoms with Crippen LogP contribution in [-0.4, -0.2) is 55.2 Å². The second kappa shape index (κ2) is 5.89. The van der Waals surface area contributed by atoms with Crippen LogP contribution < -0.4 is 5.73 Å². The molecule has 7 heteroatoms. The van der Waals surface area contributed by atoms with E-state index >= 15 is 0 Å². The Bertz CT molecular complexity index is 732. The Morgan fingerprint density at radius 3 is 2.74 bits per heavy atom. The lowest BCUT2D eigenvalue weighted by molar-refractivity contribution is 0.0999. The predicted molar refractivity (Wildman–Crippen MR) is 87.6 cm³/mol. The average Bonchev–Trinajstić information content (AvgIpc) is 2.93. The highest BCUT2D eigenvalue weighted by atomic mass is 32.2. The van der Waals surface area contributed by atoms with E-state index in [9.17, 15) is 13.2 Å². The number of nitrogens with zero attached hydrogens (tertiary/aromatic N) is 2. The minimum atomic E-state index is -3.62. The summed E-state index contributed by atoms with van der Waals surface area (Å²) in [6.07, 6.45) is 2.17. The molecule has 2 aliphatic rings. The summed E-state index contributed by atoms with van der Waals surface area (Å²) < 4.78 is 27.6. The van der Waals surface area contributed by atoms with Gasteiger partial charge in [-0.15, -0.1) is 0 Å². The summed E-state index contributed by atoms with van der Waals surface area (Å²) in [7, 11) is -3.62. The summed E-state index contributed by atoms with van der Waals surface area (Å²) in [5, 5.41) is 0. The molecule has 0 aromatic heterocycles. The molecule has 3 rings (SSSR count). The second-order valence-electron chi connectivity index (χ2n) is 6.56. The predicted octanol–water partition coefficient (Wildman–Crippen LogP) is 0.951. The van der Waals surface area contributed by atoms with Crippen molar-refractivity contribution in [2.24, 2.45) is 5.73 Å². The van der Waals surface area contributed by atoms with Crippen molar-refractivity contribution < 1.29 is 13.2 Å². The quantitative estimate of drug-likeness (QED) is 0.890. The van der Waals surface area contributed by atoms with E-state index in [4.69, 9.17) is 5.73 Å². The van der Waals surface area contributed by atoms with Crippen LogP contribution in [0.4, 0.5) is 0 Å². The van der Waals surface area contributed by atoms with E-state index in [-0.39, 0.29) is 16.5 Å². The Morgan fingerprint density at radius 1 is 1.30 bits per heavy atom. The number of amides is 1. The van der Waals surface area contributed by atoms with Gasteiger partial charge in [-0.25, -0.2) is 8.42 Å². The summed E-state index contributed by atoms with van der Waals surface area (Å²) in [6.45, 7) is 6.02. The Kier molecular flexibility index (Phi) is 4.20. The van der Waals surface area contributed by atoms with Crippen LogP contribution in [-0.2, 0) is 10.0 Å². The van der Waals surface area contributed by atoms with Crippen molar-refractivity contribution in [3.05, 3.63) is 29.3 Å². The zero-order chi connectivity index (χ0) is 16.8. The molecule has 23 heavy (non-hydrogen) atoms. The van der Waals surface area contributed by atoms with Crippen molar-refractivity contribution in [1.82, 2.24) is 9.21 Å². The molecular weight excluding hydrogens is 314 g/mol. The second-order valence-corrected chi connectivity index (χ2v) is 8.45. The van der Waals surface area contributed by atoms with Gasteiger partial charge in [-0.05, 0) is 50.9 Å². The number of rotatable bonds is 3. The zero-order valence-electron chi connectivity index (χ0n) is 13.5. The van der Waals surface area contributed by atoms with Gasteiger partial charge >= 0.3 is 0 Å². The van der Waals surface area contributed by atoms with Crippen LogP contribution in [0.5, 0.6) is 0 Å². The molecule has 0 radical (unpaired) electrons. The molecule has 126 valence electrons. The molecule has 0 aliphatic carbocycles. The highest BCUT2D eigenvalue weighted by Crippen LogP contribution is 2.29. The number of piperazine rings is 1. The van der Waals surface area contributed by atoms with Gasteiger partial charge in [-0.2, -0.15) is 4.31 Å². The van der Waals surface area contributed by atoms with Gasteiger partial charge in [-0.3, -0.25) is 9.69 Å². The molecule has 0 unspecified atom stereocenters. The first-order valence-electron chi connectivity index (χ1n) is 7.97. The summed E-state index contributed by atoms with van der Waals surface area (Å²) in [5.74, 6) is -0.604. The molecular formula is C16H23N3O3S. The van der Waals surface area contributed by atoms with E-state index in [0.29, 0.717) is 18.2 Å². The minimum Gasteiger partial charge on any atom is -0.366 e. The third-order valence-corrected chi connectivity index (χ3v) is 6.94. The number of primary amides is 1. The molecule has 2 fully saturated rings. The SMILES string of the molecule is Cc1ccc(S(=O)(=O)N2C[C@H]3CCCN3C[C@@H]2C)cc1C(N)=O. The van der Waals surface area contributed by atoms with E-state index in [1.165, 1.54) is 6.07 Å². The molecule has 2 aliphatic heterocycles. The number of nitrogens with two attached hydrogens (primary N) is 1. The monoisotopic (exact) mass is 337 g/mol. The van der Waals surface area contributed by atoms with Crippen molar-refractivity contribution in [3.63, 3.8) is 0 Å². The van der Waals surface area contributed by atoms with Gasteiger partial charge in [0.05, 0.1) is 4.90 Å². The van der Waals surface area contributed by atoms with E-state index in [1.54, 1.807) is 23.4 Å². The average molecular weight is 337 g/mol. The van der Waals surface area contributed by atoms with Crippen LogP contribution in [0.25, 0.3) is 0 Å². The largest absolute Gasteiger partial charge is 0.366 e. The van der Waals surface area contributed by atoms with Gasteiger partial charge in [0, 0.05) is 30.7 Å². The molecule has 2 saturated heterocycles. The van der Waals surface area contributed by atoms with Crippen molar-refractivity contribution in [2.75, 3.05) is 19.6 Å². The number of fused-ring (bicyclic) bond motifs is 1. The van der Waals surface area contributed by atoms with Gasteiger partial charge in [-0.1, -0.05) is 6.07 Å². The highest BCUT2D eigenvalue weighted by Gasteiger charge is 2.40. The summed E-state index contributed by atoms with van der Waals surface area (Å²) in [4.78, 5) is 14.0. The fourth-order valence-corrected chi connectivity index (χ4v) is 5.34. The van der Waals surface area contributed by atoms with Crippen molar-refractivity contribution >= 4 is 15.9 Å². The van der Waals surface area contributed by atoms with Crippen LogP contribution >= 0.6 is 0 Å². The van der Waals surface area contributed by atoms with Gasteiger partial charge in [0.1, 0.15) is 0 Å². The molecule has 2 atom stereocenters. The number of aryl methyl sites for hydroxylation is 1. The maximum atomic E-state index is 13.0. The molecule has 1 amide bonds. The summed E-state index contributed by atoms with van der Waals surface area (Å²) in [5.41, 5.74) is 6.30. The van der Waals surface area contributed by atoms with E-state index in [2.05, 4.69) is 4.90 Å². The fourth-order valence-electron chi connectivity index (χ4n) is 3.66. The third kappa shape index (κ3) is 2.88. The molecule has 2 N–H and O–H groups in total. The third-order valence-electron chi connectivity index (χ3n) is 4.96. The Labute approximate surface area is 137 Å². The standard InChI is InChI=1S/C16H23N3O3S/c1-11-5-6-14(8-15(11)16(17)20)23(21,22)19-10-13-4-3-7-18(13)9-12(19)2/h5-6,8,12-13H,3-4,7,9-10H2,1-2H3,(H2,17,20)/t12-,13+/m0/s1. The molecule has 1 aromatic rings. The lowest BCUT2D eigenvalue weighted by Gasteiger charge is -2.41. The topological polar surface area (TPSA) is 83.7 Å². The van der Waals surface area contributed by atoms with E-state index in [0.717, 1.165) is 25.9 Å². The normalized spacial score (nSPS) is 26.2. The van der Waals surface area contributed by atoms with Gasteiger partial charge < -0.3 is 5.73 Å². The minimum absolute atomic E-state index is 0.0762. The lowest BCUT2D eigenvalue weighted by atomic mass is 10.1. The van der Waals surface area contributed by atoms with Crippen LogP contribution in [0.2, 0.25) is 0 Å². The maximum Gasteiger partial charge on any atom is 0.249 e. The number of benzene rings is 1. The van der Waals surface area contributed by atoms with Crippen molar-refractivity contribution in [3.8, 4) is 0 Å². The van der Waals surface area contributed by atoms with Crippen molar-refractivity contribution in [1.29, 1.82) is 0 Å². The van der Waals surface area contributed by atoms with Crippen LogP contribution in [0.1, 0.15) is 35.7 Å². The summed E-state index contributed by atoms with van der Waals surface area (Å²) >= 11 is 0. The van der Waals surface area contributed by atoms with Gasteiger partial charge in [0.25, 0.3) is 0 Å². The Hall–Kier alpha value is -1.44. The first-order valence-corrected chi connectivity index (χ1v) is 9.41. The van der Waals surface area contributed by atoms with Crippen LogP contribution in [0.3, 0.4) is 0 Å². The Balaban J connectivity index is 1.95. The lowest BCUT2D eigenvalue weighted by Crippen LogP contribution is -2.56. The molecule has 0 saturated carbocycles. The number of sulfonamides is 1. The number of hydrogen-bond donors (Lipinski definition) is 1. The summed E-state index contributed by atoms with van der Waals surface area (Å²) in [6, 6.07) is 4.84. The molecule has 0 spiro atoms. The Morgan fingerprint density at radius 2 is 2.04 bits per heavy atom. The number of carbonyl (C=O) groups excluding carboxylic acids is 1. The molecule has 1 aromatic carbocycles. The van der Waals surface area contributed by atoms with Crippen LogP contribution in [0, 0.1) is 6.92 Å². The van der Waals surface area contributed by atoms with Gasteiger partial charge in [0.2, 0.25) is 15.9 Å². The smallest absolute Gasteiger partial charge is 0.249 e. The maximum absolute atomic E-state index is 13.0. The highest BCUT2D eigenvalue weighted by molar-refractivity contribution is 7.89. The zero-order valence-corrected chi connectivity index (χ0v) is 14.3. The first kappa shape index (κ1) is 16.4. The first-order chi connectivity index (χ1) is 10.8. The number of carbonyl (C=O) groups is 1. The van der Waals surface area contributed by atoms with E-state index < -0.39 is 15.9 Å². The molecule has 2 heterocycles. The molecule has 6 nitrogen and oxygen atoms in total. The van der Waals surface area contributed by atoms with E-state index in [1.807, 2.05) is 6.92 Å². The number of hydrogen-bond acceptors (Lipinski definition) is 4. The fraction of sp³-hybridized carbons (Fsp3) is 0.562. The van der Waals surface area contributed by atoms with Crippen LogP contribution in [0.15, 0.2) is 23.1 Å². The van der Waals surface area contributed by atoms with Gasteiger partial charge in [0.15, 0.2) is 0 Å². The van der Waals surface area contributed by atoms with Crippen molar-refractivity contribution in [2.45, 2.75) is 43.7 Å².